The smallest absolute Gasteiger partial charge is 0.220 e. The summed E-state index contributed by atoms with van der Waals surface area (Å²) in [6, 6.07) is 0. The van der Waals surface area contributed by atoms with Gasteiger partial charge >= 0.3 is 0 Å². The number of nitrogens with zero attached hydrogens (tertiary/aromatic N) is 1. The van der Waals surface area contributed by atoms with Crippen molar-refractivity contribution in [1.29, 1.82) is 0 Å². The average Bonchev–Trinajstić information content (AvgIpc) is 2.17. The van der Waals surface area contributed by atoms with Crippen LogP contribution in [-0.4, -0.2) is 44.0 Å². The summed E-state index contributed by atoms with van der Waals surface area (Å²) in [7, 11) is -3.07. The summed E-state index contributed by atoms with van der Waals surface area (Å²) in [6.07, 6.45) is 2.12. The van der Waals surface area contributed by atoms with Crippen molar-refractivity contribution in [3.05, 3.63) is 0 Å². The lowest BCUT2D eigenvalue weighted by molar-refractivity contribution is -0.122. The summed E-state index contributed by atoms with van der Waals surface area (Å²) in [4.78, 5) is 11.6. The Bertz CT molecular complexity index is 385. The van der Waals surface area contributed by atoms with Crippen LogP contribution in [0.15, 0.2) is 0 Å². The predicted molar refractivity (Wildman–Crippen MR) is 71.7 cm³/mol. The molecule has 0 bridgehead atoms. The lowest BCUT2D eigenvalue weighted by Crippen LogP contribution is -2.42. The van der Waals surface area contributed by atoms with E-state index in [1.165, 1.54) is 4.31 Å². The minimum absolute atomic E-state index is 0.0168. The highest BCUT2D eigenvalue weighted by Gasteiger charge is 2.25. The van der Waals surface area contributed by atoms with Gasteiger partial charge in [-0.1, -0.05) is 20.8 Å². The molecule has 0 spiro atoms. The van der Waals surface area contributed by atoms with Crippen molar-refractivity contribution in [2.24, 2.45) is 5.41 Å². The van der Waals surface area contributed by atoms with E-state index in [1.807, 2.05) is 20.8 Å². The third-order valence-electron chi connectivity index (χ3n) is 2.83. The summed E-state index contributed by atoms with van der Waals surface area (Å²) < 4.78 is 24.9. The molecule has 1 N–H and O–H groups in total. The number of carbonyl (C=O) groups is 1. The number of hydrogen-bond acceptors (Lipinski definition) is 3. The minimum atomic E-state index is -3.07. The maximum Gasteiger partial charge on any atom is 0.220 e. The van der Waals surface area contributed by atoms with Crippen molar-refractivity contribution in [3.8, 4) is 0 Å². The van der Waals surface area contributed by atoms with E-state index in [9.17, 15) is 13.2 Å². The first kappa shape index (κ1) is 15.4. The quantitative estimate of drug-likeness (QED) is 0.832. The van der Waals surface area contributed by atoms with E-state index in [0.29, 0.717) is 26.1 Å². The monoisotopic (exact) mass is 276 g/mol. The summed E-state index contributed by atoms with van der Waals surface area (Å²) in [5.41, 5.74) is -0.0404. The first-order valence-corrected chi connectivity index (χ1v) is 8.06. The second-order valence-electron chi connectivity index (χ2n) is 6.01. The van der Waals surface area contributed by atoms with Crippen LogP contribution in [0.5, 0.6) is 0 Å². The molecule has 5 nitrogen and oxygen atoms in total. The predicted octanol–water partition coefficient (Wildman–Crippen LogP) is 0.964. The van der Waals surface area contributed by atoms with Crippen molar-refractivity contribution in [2.75, 3.05) is 25.4 Å². The molecule has 18 heavy (non-hydrogen) atoms. The Kier molecular flexibility index (Phi) is 5.16. The maximum atomic E-state index is 11.7. The standard InChI is InChI=1S/C12H24N2O3S/c1-12(2,3)10-11(15)13-6-8-14-7-4-5-9-18(14,16)17/h4-10H2,1-3H3,(H,13,15). The van der Waals surface area contributed by atoms with Crippen molar-refractivity contribution in [2.45, 2.75) is 40.0 Å². The highest BCUT2D eigenvalue weighted by molar-refractivity contribution is 7.89. The maximum absolute atomic E-state index is 11.7. The molecule has 0 aromatic carbocycles. The molecule has 1 fully saturated rings. The Morgan fingerprint density at radius 1 is 1.28 bits per heavy atom. The molecule has 0 unspecified atom stereocenters. The first-order chi connectivity index (χ1) is 8.21. The lowest BCUT2D eigenvalue weighted by Gasteiger charge is -2.26. The molecule has 0 aliphatic carbocycles. The van der Waals surface area contributed by atoms with Crippen LogP contribution in [0, 0.1) is 5.41 Å². The third-order valence-corrected chi connectivity index (χ3v) is 4.78. The zero-order valence-electron chi connectivity index (χ0n) is 11.5. The van der Waals surface area contributed by atoms with Crippen LogP contribution >= 0.6 is 0 Å². The molecular formula is C12H24N2O3S. The normalized spacial score (nSPS) is 20.6. The number of rotatable bonds is 4. The van der Waals surface area contributed by atoms with Crippen LogP contribution in [0.3, 0.4) is 0 Å². The molecule has 1 amide bonds. The Labute approximate surface area is 110 Å². The largest absolute Gasteiger partial charge is 0.355 e. The number of carbonyl (C=O) groups excluding carboxylic acids is 1. The van der Waals surface area contributed by atoms with Gasteiger partial charge in [-0.2, -0.15) is 0 Å². The number of hydrogen-bond donors (Lipinski definition) is 1. The van der Waals surface area contributed by atoms with Crippen molar-refractivity contribution < 1.29 is 13.2 Å². The average molecular weight is 276 g/mol. The van der Waals surface area contributed by atoms with Crippen molar-refractivity contribution >= 4 is 15.9 Å². The topological polar surface area (TPSA) is 66.5 Å². The van der Waals surface area contributed by atoms with Gasteiger partial charge in [0, 0.05) is 26.1 Å². The van der Waals surface area contributed by atoms with Crippen LogP contribution in [0.4, 0.5) is 0 Å². The molecule has 0 saturated carbocycles. The zero-order valence-corrected chi connectivity index (χ0v) is 12.3. The van der Waals surface area contributed by atoms with Gasteiger partial charge in [-0.3, -0.25) is 4.79 Å². The van der Waals surface area contributed by atoms with Gasteiger partial charge in [0.05, 0.1) is 5.75 Å². The van der Waals surface area contributed by atoms with E-state index in [1.54, 1.807) is 0 Å². The highest BCUT2D eigenvalue weighted by atomic mass is 32.2. The fourth-order valence-electron chi connectivity index (χ4n) is 1.96. The number of sulfonamides is 1. The molecule has 1 aliphatic rings. The fraction of sp³-hybridized carbons (Fsp3) is 0.917. The third kappa shape index (κ3) is 5.35. The Balaban J connectivity index is 2.31. The van der Waals surface area contributed by atoms with Gasteiger partial charge in [-0.15, -0.1) is 0 Å². The van der Waals surface area contributed by atoms with Gasteiger partial charge in [0.2, 0.25) is 15.9 Å². The second-order valence-corrected chi connectivity index (χ2v) is 8.10. The molecule has 106 valence electrons. The molecular weight excluding hydrogens is 252 g/mol. The highest BCUT2D eigenvalue weighted by Crippen LogP contribution is 2.17. The first-order valence-electron chi connectivity index (χ1n) is 6.45. The Morgan fingerprint density at radius 2 is 1.94 bits per heavy atom. The summed E-state index contributed by atoms with van der Waals surface area (Å²) >= 11 is 0. The fourth-order valence-corrected chi connectivity index (χ4v) is 3.56. The Hall–Kier alpha value is -0.620. The molecule has 0 aromatic rings. The van der Waals surface area contributed by atoms with E-state index in [4.69, 9.17) is 0 Å². The van der Waals surface area contributed by atoms with E-state index >= 15 is 0 Å². The van der Waals surface area contributed by atoms with Gasteiger partial charge in [-0.05, 0) is 18.3 Å². The second kappa shape index (κ2) is 6.02. The molecule has 0 atom stereocenters. The van der Waals surface area contributed by atoms with Gasteiger partial charge in [-0.25, -0.2) is 12.7 Å². The number of amides is 1. The molecule has 1 saturated heterocycles. The van der Waals surface area contributed by atoms with Gasteiger partial charge in [0.25, 0.3) is 0 Å². The van der Waals surface area contributed by atoms with E-state index in [2.05, 4.69) is 5.32 Å². The van der Waals surface area contributed by atoms with Crippen LogP contribution in [0.25, 0.3) is 0 Å². The molecule has 0 radical (unpaired) electrons. The van der Waals surface area contributed by atoms with Crippen molar-refractivity contribution in [1.82, 2.24) is 9.62 Å². The van der Waals surface area contributed by atoms with Crippen LogP contribution < -0.4 is 5.32 Å². The van der Waals surface area contributed by atoms with E-state index in [0.717, 1.165) is 12.8 Å². The van der Waals surface area contributed by atoms with E-state index in [-0.39, 0.29) is 17.1 Å². The van der Waals surface area contributed by atoms with E-state index < -0.39 is 10.0 Å². The molecule has 0 aromatic heterocycles. The molecule has 1 rings (SSSR count). The Morgan fingerprint density at radius 3 is 2.50 bits per heavy atom. The summed E-state index contributed by atoms with van der Waals surface area (Å²) in [5.74, 6) is 0.222. The summed E-state index contributed by atoms with van der Waals surface area (Å²) in [6.45, 7) is 7.37. The van der Waals surface area contributed by atoms with Crippen LogP contribution in [0.1, 0.15) is 40.0 Å². The molecule has 6 heteroatoms. The van der Waals surface area contributed by atoms with Crippen molar-refractivity contribution in [3.63, 3.8) is 0 Å². The summed E-state index contributed by atoms with van der Waals surface area (Å²) in [5, 5.41) is 2.78. The number of nitrogens with one attached hydrogen (secondary N) is 1. The lowest BCUT2D eigenvalue weighted by atomic mass is 9.92. The van der Waals surface area contributed by atoms with Gasteiger partial charge in [0.1, 0.15) is 0 Å². The molecule has 1 heterocycles. The van der Waals surface area contributed by atoms with Gasteiger partial charge in [0.15, 0.2) is 0 Å². The van der Waals surface area contributed by atoms with Crippen LogP contribution in [0.2, 0.25) is 0 Å². The van der Waals surface area contributed by atoms with Crippen LogP contribution in [-0.2, 0) is 14.8 Å². The zero-order chi connectivity index (χ0) is 13.8. The SMILES string of the molecule is CC(C)(C)CC(=O)NCCN1CCCCS1(=O)=O. The minimum Gasteiger partial charge on any atom is -0.355 e. The van der Waals surface area contributed by atoms with Gasteiger partial charge < -0.3 is 5.32 Å². The molecule has 1 aliphatic heterocycles.